The molecule has 3 rings (SSSR count). The third-order valence-electron chi connectivity index (χ3n) is 4.88. The fourth-order valence-electron chi connectivity index (χ4n) is 3.66. The molecule has 0 saturated carbocycles. The van der Waals surface area contributed by atoms with E-state index in [2.05, 4.69) is 60.2 Å². The first kappa shape index (κ1) is 13.9. The molecule has 1 aromatic rings. The van der Waals surface area contributed by atoms with Gasteiger partial charge in [-0.25, -0.2) is 0 Å². The maximum atomic E-state index is 3.45. The van der Waals surface area contributed by atoms with Crippen LogP contribution in [0.1, 0.15) is 26.3 Å². The van der Waals surface area contributed by atoms with Crippen LogP contribution in [0.2, 0.25) is 0 Å². The summed E-state index contributed by atoms with van der Waals surface area (Å²) in [5.41, 5.74) is 3.19. The van der Waals surface area contributed by atoms with Gasteiger partial charge in [-0.3, -0.25) is 4.90 Å². The molecule has 3 heteroatoms. The molecule has 0 radical (unpaired) electrons. The van der Waals surface area contributed by atoms with Gasteiger partial charge in [0.25, 0.3) is 0 Å². The van der Waals surface area contributed by atoms with Gasteiger partial charge in [-0.05, 0) is 38.8 Å². The van der Waals surface area contributed by atoms with Crippen LogP contribution in [-0.4, -0.2) is 49.2 Å². The largest absolute Gasteiger partial charge is 0.366 e. The summed E-state index contributed by atoms with van der Waals surface area (Å²) in [6.07, 6.45) is 1.19. The molecule has 0 aromatic heterocycles. The zero-order valence-corrected chi connectivity index (χ0v) is 13.0. The maximum absolute atomic E-state index is 3.45. The van der Waals surface area contributed by atoms with E-state index in [9.17, 15) is 0 Å². The Morgan fingerprint density at radius 1 is 1.20 bits per heavy atom. The minimum Gasteiger partial charge on any atom is -0.366 e. The van der Waals surface area contributed by atoms with Gasteiger partial charge in [0.15, 0.2) is 0 Å². The van der Waals surface area contributed by atoms with Crippen LogP contribution in [0, 0.1) is 0 Å². The Morgan fingerprint density at radius 2 is 1.90 bits per heavy atom. The van der Waals surface area contributed by atoms with Crippen molar-refractivity contribution in [2.45, 2.75) is 38.8 Å². The number of fused-ring (bicyclic) bond motifs is 1. The second-order valence-corrected chi connectivity index (χ2v) is 6.86. The van der Waals surface area contributed by atoms with Crippen molar-refractivity contribution in [1.82, 2.24) is 10.2 Å². The molecular weight excluding hydrogens is 246 g/mol. The molecule has 2 aliphatic heterocycles. The van der Waals surface area contributed by atoms with Gasteiger partial charge in [0.2, 0.25) is 0 Å². The average molecular weight is 273 g/mol. The van der Waals surface area contributed by atoms with Crippen LogP contribution in [-0.2, 0) is 6.42 Å². The smallest absolute Gasteiger partial charge is 0.0402 e. The maximum Gasteiger partial charge on any atom is 0.0402 e. The van der Waals surface area contributed by atoms with Crippen LogP contribution in [0.25, 0.3) is 0 Å². The van der Waals surface area contributed by atoms with Crippen LogP contribution >= 0.6 is 0 Å². The summed E-state index contributed by atoms with van der Waals surface area (Å²) in [6, 6.07) is 9.52. The average Bonchev–Trinajstić information content (AvgIpc) is 2.76. The van der Waals surface area contributed by atoms with Gasteiger partial charge < -0.3 is 10.2 Å². The predicted octanol–water partition coefficient (Wildman–Crippen LogP) is 2.12. The highest BCUT2D eigenvalue weighted by atomic mass is 15.3. The monoisotopic (exact) mass is 273 g/mol. The van der Waals surface area contributed by atoms with Gasteiger partial charge in [0, 0.05) is 50.0 Å². The standard InChI is InChI=1S/C17H27N3/c1-14-12-15-6-4-5-7-16(15)20(14)13-17(2,3)19-10-8-18-9-11-19/h4-7,14,18H,8-13H2,1-3H3. The van der Waals surface area contributed by atoms with Crippen molar-refractivity contribution < 1.29 is 0 Å². The first-order valence-corrected chi connectivity index (χ1v) is 7.88. The molecule has 2 heterocycles. The summed E-state index contributed by atoms with van der Waals surface area (Å²) in [4.78, 5) is 5.24. The second kappa shape index (κ2) is 5.38. The van der Waals surface area contributed by atoms with Crippen molar-refractivity contribution in [3.05, 3.63) is 29.8 Å². The van der Waals surface area contributed by atoms with E-state index in [-0.39, 0.29) is 5.54 Å². The minimum atomic E-state index is 0.230. The van der Waals surface area contributed by atoms with Gasteiger partial charge in [-0.15, -0.1) is 0 Å². The number of nitrogens with one attached hydrogen (secondary N) is 1. The molecule has 1 N–H and O–H groups in total. The minimum absolute atomic E-state index is 0.230. The molecule has 0 amide bonds. The molecule has 0 spiro atoms. The lowest BCUT2D eigenvalue weighted by molar-refractivity contribution is 0.107. The Labute approximate surface area is 123 Å². The molecule has 0 aliphatic carbocycles. The Bertz CT molecular complexity index is 463. The molecular formula is C17H27N3. The van der Waals surface area contributed by atoms with Crippen LogP contribution in [0.4, 0.5) is 5.69 Å². The number of anilines is 1. The molecule has 110 valence electrons. The van der Waals surface area contributed by atoms with Gasteiger partial charge in [-0.2, -0.15) is 0 Å². The zero-order chi connectivity index (χ0) is 14.2. The number of rotatable bonds is 3. The van der Waals surface area contributed by atoms with Gasteiger partial charge >= 0.3 is 0 Å². The Balaban J connectivity index is 1.76. The molecule has 1 atom stereocenters. The SMILES string of the molecule is CC1Cc2ccccc2N1CC(C)(C)N1CCNCC1. The van der Waals surface area contributed by atoms with E-state index in [1.807, 2.05) is 0 Å². The molecule has 2 aliphatic rings. The Hall–Kier alpha value is -1.06. The van der Waals surface area contributed by atoms with Crippen molar-refractivity contribution in [1.29, 1.82) is 0 Å². The molecule has 0 bridgehead atoms. The number of piperazine rings is 1. The molecule has 1 saturated heterocycles. The van der Waals surface area contributed by atoms with Crippen LogP contribution < -0.4 is 10.2 Å². The first-order valence-electron chi connectivity index (χ1n) is 7.88. The lowest BCUT2D eigenvalue weighted by Crippen LogP contribution is -2.58. The number of hydrogen-bond donors (Lipinski definition) is 1. The van der Waals surface area contributed by atoms with Crippen molar-refractivity contribution >= 4 is 5.69 Å². The summed E-state index contributed by atoms with van der Waals surface area (Å²) in [6.45, 7) is 12.8. The number of para-hydroxylation sites is 1. The molecule has 3 nitrogen and oxygen atoms in total. The van der Waals surface area contributed by atoms with Crippen molar-refractivity contribution in [3.63, 3.8) is 0 Å². The van der Waals surface area contributed by atoms with E-state index < -0.39 is 0 Å². The number of benzene rings is 1. The quantitative estimate of drug-likeness (QED) is 0.910. The highest BCUT2D eigenvalue weighted by molar-refractivity contribution is 5.59. The van der Waals surface area contributed by atoms with E-state index in [0.29, 0.717) is 6.04 Å². The number of nitrogens with zero attached hydrogens (tertiary/aromatic N) is 2. The Morgan fingerprint density at radius 3 is 2.65 bits per heavy atom. The predicted molar refractivity (Wildman–Crippen MR) is 85.5 cm³/mol. The van der Waals surface area contributed by atoms with E-state index in [0.717, 1.165) is 32.7 Å². The zero-order valence-electron chi connectivity index (χ0n) is 13.0. The lowest BCUT2D eigenvalue weighted by Gasteiger charge is -2.44. The van der Waals surface area contributed by atoms with E-state index in [1.165, 1.54) is 17.7 Å². The van der Waals surface area contributed by atoms with E-state index in [4.69, 9.17) is 0 Å². The topological polar surface area (TPSA) is 18.5 Å². The Kier molecular flexibility index (Phi) is 3.74. The van der Waals surface area contributed by atoms with Crippen LogP contribution in [0.15, 0.2) is 24.3 Å². The van der Waals surface area contributed by atoms with Gasteiger partial charge in [0.1, 0.15) is 0 Å². The van der Waals surface area contributed by atoms with Crippen molar-refractivity contribution in [3.8, 4) is 0 Å². The summed E-state index contributed by atoms with van der Waals surface area (Å²) < 4.78 is 0. The summed E-state index contributed by atoms with van der Waals surface area (Å²) >= 11 is 0. The highest BCUT2D eigenvalue weighted by Crippen LogP contribution is 2.33. The molecule has 1 unspecified atom stereocenters. The van der Waals surface area contributed by atoms with Crippen LogP contribution in [0.5, 0.6) is 0 Å². The third kappa shape index (κ3) is 2.57. The highest BCUT2D eigenvalue weighted by Gasteiger charge is 2.34. The van der Waals surface area contributed by atoms with Crippen molar-refractivity contribution in [2.75, 3.05) is 37.6 Å². The molecule has 20 heavy (non-hydrogen) atoms. The first-order chi connectivity index (χ1) is 9.58. The summed E-state index contributed by atoms with van der Waals surface area (Å²) in [5, 5.41) is 3.45. The van der Waals surface area contributed by atoms with E-state index >= 15 is 0 Å². The fourth-order valence-corrected chi connectivity index (χ4v) is 3.66. The normalized spacial score (nSPS) is 23.9. The van der Waals surface area contributed by atoms with Gasteiger partial charge in [0.05, 0.1) is 0 Å². The lowest BCUT2D eigenvalue weighted by atomic mass is 10.00. The van der Waals surface area contributed by atoms with Crippen LogP contribution in [0.3, 0.4) is 0 Å². The number of hydrogen-bond acceptors (Lipinski definition) is 3. The summed E-state index contributed by atoms with van der Waals surface area (Å²) in [7, 11) is 0. The molecule has 1 aromatic carbocycles. The van der Waals surface area contributed by atoms with Gasteiger partial charge in [-0.1, -0.05) is 18.2 Å². The van der Waals surface area contributed by atoms with Crippen molar-refractivity contribution in [2.24, 2.45) is 0 Å². The second-order valence-electron chi connectivity index (χ2n) is 6.86. The third-order valence-corrected chi connectivity index (χ3v) is 4.88. The van der Waals surface area contributed by atoms with E-state index in [1.54, 1.807) is 0 Å². The molecule has 1 fully saturated rings. The fraction of sp³-hybridized carbons (Fsp3) is 0.647. The summed E-state index contributed by atoms with van der Waals surface area (Å²) in [5.74, 6) is 0.